The van der Waals surface area contributed by atoms with Gasteiger partial charge in [-0.1, -0.05) is 40.9 Å². The minimum atomic E-state index is -0.794. The Morgan fingerprint density at radius 2 is 1.68 bits per heavy atom. The summed E-state index contributed by atoms with van der Waals surface area (Å²) in [6, 6.07) is 7.43. The highest BCUT2D eigenvalue weighted by Crippen LogP contribution is 2.31. The summed E-state index contributed by atoms with van der Waals surface area (Å²) in [5.41, 5.74) is -0.0242. The fourth-order valence-corrected chi connectivity index (χ4v) is 2.38. The molecule has 6 heteroatoms. The van der Waals surface area contributed by atoms with E-state index in [1.807, 2.05) is 0 Å². The Kier molecular flexibility index (Phi) is 4.51. The van der Waals surface area contributed by atoms with Crippen molar-refractivity contribution in [1.29, 1.82) is 0 Å². The van der Waals surface area contributed by atoms with Gasteiger partial charge in [-0.3, -0.25) is 4.79 Å². The molecular formula is C13H5BrCl3FO. The van der Waals surface area contributed by atoms with Crippen LogP contribution in [0.3, 0.4) is 0 Å². The molecule has 0 atom stereocenters. The van der Waals surface area contributed by atoms with E-state index in [-0.39, 0.29) is 26.2 Å². The molecule has 0 aliphatic rings. The van der Waals surface area contributed by atoms with Gasteiger partial charge in [0.25, 0.3) is 0 Å². The summed E-state index contributed by atoms with van der Waals surface area (Å²) >= 11 is 20.6. The van der Waals surface area contributed by atoms with Crippen molar-refractivity contribution in [2.45, 2.75) is 0 Å². The average molecular weight is 382 g/mol. The molecular weight excluding hydrogens is 377 g/mol. The van der Waals surface area contributed by atoms with E-state index in [0.717, 1.165) is 0 Å². The Bertz CT molecular complexity index is 673. The highest BCUT2D eigenvalue weighted by atomic mass is 79.9. The van der Waals surface area contributed by atoms with Crippen molar-refractivity contribution >= 4 is 56.5 Å². The molecule has 0 saturated carbocycles. The molecule has 0 N–H and O–H groups in total. The maximum Gasteiger partial charge on any atom is 0.197 e. The topological polar surface area (TPSA) is 17.1 Å². The van der Waals surface area contributed by atoms with E-state index in [1.54, 1.807) is 12.1 Å². The van der Waals surface area contributed by atoms with Crippen LogP contribution in [-0.4, -0.2) is 5.78 Å². The van der Waals surface area contributed by atoms with Gasteiger partial charge in [0, 0.05) is 10.0 Å². The van der Waals surface area contributed by atoms with Gasteiger partial charge < -0.3 is 0 Å². The molecule has 0 spiro atoms. The second-order valence-electron chi connectivity index (χ2n) is 3.65. The van der Waals surface area contributed by atoms with Crippen LogP contribution in [0, 0.1) is 5.82 Å². The standard InChI is InChI=1S/C13H5BrCl3FO/c14-8-5-4-7(12(18)11(8)17)13(19)6-2-1-3-9(15)10(6)16/h1-5H. The minimum Gasteiger partial charge on any atom is -0.288 e. The smallest absolute Gasteiger partial charge is 0.197 e. The molecule has 0 aliphatic carbocycles. The molecule has 0 aromatic heterocycles. The molecule has 1 nitrogen and oxygen atoms in total. The predicted molar refractivity (Wildman–Crippen MR) is 79.0 cm³/mol. The third kappa shape index (κ3) is 2.79. The van der Waals surface area contributed by atoms with Gasteiger partial charge in [-0.15, -0.1) is 0 Å². The number of rotatable bonds is 2. The fraction of sp³-hybridized carbons (Fsp3) is 0. The van der Waals surface area contributed by atoms with Crippen LogP contribution < -0.4 is 0 Å². The molecule has 0 unspecified atom stereocenters. The molecule has 0 fully saturated rings. The summed E-state index contributed by atoms with van der Waals surface area (Å²) in [6.07, 6.45) is 0. The second-order valence-corrected chi connectivity index (χ2v) is 5.67. The molecule has 2 aromatic rings. The fourth-order valence-electron chi connectivity index (χ4n) is 1.53. The number of carbonyl (C=O) groups is 1. The summed E-state index contributed by atoms with van der Waals surface area (Å²) in [7, 11) is 0. The lowest BCUT2D eigenvalue weighted by Gasteiger charge is -2.07. The van der Waals surface area contributed by atoms with Gasteiger partial charge >= 0.3 is 0 Å². The van der Waals surface area contributed by atoms with E-state index < -0.39 is 11.6 Å². The van der Waals surface area contributed by atoms with Crippen molar-refractivity contribution in [3.63, 3.8) is 0 Å². The SMILES string of the molecule is O=C(c1ccc(Br)c(Cl)c1F)c1cccc(Cl)c1Cl. The molecule has 0 bridgehead atoms. The monoisotopic (exact) mass is 380 g/mol. The first-order valence-corrected chi connectivity index (χ1v) is 6.98. The Hall–Kier alpha value is -0.610. The number of carbonyl (C=O) groups excluding carboxylic acids is 1. The van der Waals surface area contributed by atoms with Gasteiger partial charge in [0.1, 0.15) is 0 Å². The predicted octanol–water partition coefficient (Wildman–Crippen LogP) is 5.78. The summed E-state index contributed by atoms with van der Waals surface area (Å²) in [6.45, 7) is 0. The lowest BCUT2D eigenvalue weighted by atomic mass is 10.0. The van der Waals surface area contributed by atoms with Crippen LogP contribution in [-0.2, 0) is 0 Å². The molecule has 2 rings (SSSR count). The normalized spacial score (nSPS) is 10.6. The molecule has 19 heavy (non-hydrogen) atoms. The third-order valence-corrected chi connectivity index (χ3v) is 4.55. The first-order chi connectivity index (χ1) is 8.93. The van der Waals surface area contributed by atoms with Crippen molar-refractivity contribution in [3.8, 4) is 0 Å². The highest BCUT2D eigenvalue weighted by Gasteiger charge is 2.20. The number of benzene rings is 2. The van der Waals surface area contributed by atoms with Crippen LogP contribution in [0.1, 0.15) is 15.9 Å². The highest BCUT2D eigenvalue weighted by molar-refractivity contribution is 9.10. The minimum absolute atomic E-state index is 0.0904. The zero-order chi connectivity index (χ0) is 14.2. The van der Waals surface area contributed by atoms with Crippen LogP contribution >= 0.6 is 50.7 Å². The van der Waals surface area contributed by atoms with Gasteiger partial charge in [-0.25, -0.2) is 4.39 Å². The van der Waals surface area contributed by atoms with Crippen molar-refractivity contribution in [1.82, 2.24) is 0 Å². The van der Waals surface area contributed by atoms with Crippen LogP contribution in [0.25, 0.3) is 0 Å². The summed E-state index contributed by atoms with van der Waals surface area (Å²) in [4.78, 5) is 12.2. The molecule has 0 amide bonds. The van der Waals surface area contributed by atoms with Crippen molar-refractivity contribution in [3.05, 3.63) is 66.8 Å². The van der Waals surface area contributed by atoms with E-state index in [0.29, 0.717) is 4.47 Å². The Balaban J connectivity index is 2.57. The van der Waals surface area contributed by atoms with Gasteiger partial charge in [-0.05, 0) is 40.2 Å². The van der Waals surface area contributed by atoms with Crippen LogP contribution in [0.15, 0.2) is 34.8 Å². The third-order valence-electron chi connectivity index (χ3n) is 2.48. The van der Waals surface area contributed by atoms with Crippen molar-refractivity contribution in [2.24, 2.45) is 0 Å². The summed E-state index contributed by atoms with van der Waals surface area (Å²) < 4.78 is 14.3. The summed E-state index contributed by atoms with van der Waals surface area (Å²) in [5.74, 6) is -1.36. The van der Waals surface area contributed by atoms with E-state index in [2.05, 4.69) is 15.9 Å². The first kappa shape index (κ1) is 14.8. The van der Waals surface area contributed by atoms with Crippen LogP contribution in [0.4, 0.5) is 4.39 Å². The van der Waals surface area contributed by atoms with E-state index in [9.17, 15) is 9.18 Å². The van der Waals surface area contributed by atoms with Gasteiger partial charge in [0.05, 0.1) is 20.6 Å². The lowest BCUT2D eigenvalue weighted by molar-refractivity contribution is 0.103. The molecule has 98 valence electrons. The molecule has 0 radical (unpaired) electrons. The zero-order valence-corrected chi connectivity index (χ0v) is 13.0. The van der Waals surface area contributed by atoms with Gasteiger partial charge in [0.2, 0.25) is 0 Å². The van der Waals surface area contributed by atoms with Crippen molar-refractivity contribution < 1.29 is 9.18 Å². The summed E-state index contributed by atoms with van der Waals surface area (Å²) in [5, 5.41) is 0.174. The number of ketones is 1. The number of hydrogen-bond acceptors (Lipinski definition) is 1. The molecule has 0 heterocycles. The Morgan fingerprint density at radius 1 is 1.00 bits per heavy atom. The van der Waals surface area contributed by atoms with Gasteiger partial charge in [-0.2, -0.15) is 0 Å². The van der Waals surface area contributed by atoms with Crippen LogP contribution in [0.2, 0.25) is 15.1 Å². The molecule has 0 aliphatic heterocycles. The number of hydrogen-bond donors (Lipinski definition) is 0. The van der Waals surface area contributed by atoms with E-state index in [4.69, 9.17) is 34.8 Å². The Morgan fingerprint density at radius 3 is 2.37 bits per heavy atom. The lowest BCUT2D eigenvalue weighted by Crippen LogP contribution is -2.06. The molecule has 0 saturated heterocycles. The maximum absolute atomic E-state index is 14.0. The number of halogens is 5. The zero-order valence-electron chi connectivity index (χ0n) is 9.18. The Labute approximate surface area is 132 Å². The first-order valence-electron chi connectivity index (χ1n) is 5.05. The van der Waals surface area contributed by atoms with E-state index >= 15 is 0 Å². The average Bonchev–Trinajstić information content (AvgIpc) is 2.39. The van der Waals surface area contributed by atoms with Crippen LogP contribution in [0.5, 0.6) is 0 Å². The maximum atomic E-state index is 14.0. The molecule has 2 aromatic carbocycles. The quantitative estimate of drug-likeness (QED) is 0.475. The van der Waals surface area contributed by atoms with Crippen molar-refractivity contribution in [2.75, 3.05) is 0 Å². The van der Waals surface area contributed by atoms with Gasteiger partial charge in [0.15, 0.2) is 11.6 Å². The second kappa shape index (κ2) is 5.80. The van der Waals surface area contributed by atoms with E-state index in [1.165, 1.54) is 18.2 Å². The largest absolute Gasteiger partial charge is 0.288 e.